The molecular weight excluding hydrogens is 532 g/mol. The third-order valence-corrected chi connectivity index (χ3v) is 7.96. The van der Waals surface area contributed by atoms with Crippen LogP contribution in [-0.2, 0) is 0 Å². The average molecular weight is 555 g/mol. The average Bonchev–Trinajstić information content (AvgIpc) is 3.36. The Morgan fingerprint density at radius 1 is 1.32 bits per heavy atom. The topological polar surface area (TPSA) is 74.6 Å². The van der Waals surface area contributed by atoms with E-state index in [1.165, 1.54) is 22.0 Å². The molecule has 0 aromatic carbocycles. The van der Waals surface area contributed by atoms with E-state index >= 15 is 0 Å². The molecule has 1 aliphatic rings. The Bertz CT molecular complexity index is 1240. The van der Waals surface area contributed by atoms with Crippen LogP contribution in [0.25, 0.3) is 5.52 Å². The number of aryl methyl sites for hydroxylation is 1. The number of likely N-dealkylation sites (tertiary alicyclic amines) is 1. The van der Waals surface area contributed by atoms with E-state index in [0.29, 0.717) is 16.2 Å². The second-order valence-electron chi connectivity index (χ2n) is 7.88. The number of fused-ring (bicyclic) bond motifs is 1. The summed E-state index contributed by atoms with van der Waals surface area (Å²) in [5, 5.41) is 6.93. The second-order valence-corrected chi connectivity index (χ2v) is 11.4. The van der Waals surface area contributed by atoms with Gasteiger partial charge in [0.15, 0.2) is 0 Å². The first-order valence-corrected chi connectivity index (χ1v) is 13.1. The van der Waals surface area contributed by atoms with E-state index in [-0.39, 0.29) is 28.6 Å². The Morgan fingerprint density at radius 3 is 2.76 bits per heavy atom. The molecule has 0 unspecified atom stereocenters. The number of carbonyl (C=O) groups excluding carboxylic acids is 1. The van der Waals surface area contributed by atoms with Crippen molar-refractivity contribution in [2.45, 2.75) is 30.9 Å². The summed E-state index contributed by atoms with van der Waals surface area (Å²) in [5.41, 5.74) is 0.474. The number of hydrogen-bond donors (Lipinski definition) is 2. The van der Waals surface area contributed by atoms with E-state index < -0.39 is 20.0 Å². The minimum atomic E-state index is -4.34. The van der Waals surface area contributed by atoms with Gasteiger partial charge >= 0.3 is 205 Å². The summed E-state index contributed by atoms with van der Waals surface area (Å²) in [6.45, 7) is 3.70. The van der Waals surface area contributed by atoms with Crippen LogP contribution < -0.4 is 15.1 Å². The van der Waals surface area contributed by atoms with Crippen molar-refractivity contribution in [1.29, 1.82) is 0 Å². The second kappa shape index (κ2) is 10.4. The van der Waals surface area contributed by atoms with Crippen LogP contribution in [0, 0.1) is 18.8 Å². The van der Waals surface area contributed by atoms with Gasteiger partial charge in [-0.3, -0.25) is 0 Å². The van der Waals surface area contributed by atoms with Gasteiger partial charge in [-0.15, -0.1) is 0 Å². The number of nitrogens with one attached hydrogen (secondary N) is 2. The van der Waals surface area contributed by atoms with Crippen LogP contribution in [-0.4, -0.2) is 78.2 Å². The van der Waals surface area contributed by atoms with Gasteiger partial charge in [0.2, 0.25) is 0 Å². The standard InChI is InChI=1S/C22H23F3N6OSSe/c1-14-27-13-18(33-14)21(32)26-10-4-5-16-20(34-22(23,24)25)17-6-3-7-19(31(17)29-16)28-15-8-11-30(2)12-9-15/h3,6-7,13,15,28H,8-12H2,1-2H3,(H,26,32). The molecular formula is C22H23F3N6OSSe. The summed E-state index contributed by atoms with van der Waals surface area (Å²) in [6, 6.07) is 5.41. The van der Waals surface area contributed by atoms with Gasteiger partial charge in [-0.1, -0.05) is 0 Å². The first-order chi connectivity index (χ1) is 16.2. The zero-order valence-corrected chi connectivity index (χ0v) is 21.1. The number of alkyl halides is 3. The van der Waals surface area contributed by atoms with Gasteiger partial charge in [0.1, 0.15) is 0 Å². The SMILES string of the molecule is Cc1ncc(C(=O)NCC#Cc2nn3c(NC4CCN(C)CC4)cccc3c2[Se]C(F)(F)F)s1. The first kappa shape index (κ1) is 24.5. The Balaban J connectivity index is 1.57. The van der Waals surface area contributed by atoms with Crippen LogP contribution in [0.3, 0.4) is 0 Å². The molecule has 3 aromatic heterocycles. The van der Waals surface area contributed by atoms with Crippen molar-refractivity contribution in [3.63, 3.8) is 0 Å². The predicted octanol–water partition coefficient (Wildman–Crippen LogP) is 2.24. The Morgan fingerprint density at radius 2 is 2.09 bits per heavy atom. The number of carbonyl (C=O) groups is 1. The summed E-state index contributed by atoms with van der Waals surface area (Å²) in [5.74, 6) is 5.82. The van der Waals surface area contributed by atoms with Gasteiger partial charge < -0.3 is 0 Å². The van der Waals surface area contributed by atoms with E-state index in [9.17, 15) is 18.0 Å². The summed E-state index contributed by atoms with van der Waals surface area (Å²) in [4.78, 5) is 18.9. The molecule has 1 saturated heterocycles. The molecule has 180 valence electrons. The van der Waals surface area contributed by atoms with Crippen molar-refractivity contribution in [3.05, 3.63) is 40.0 Å². The van der Waals surface area contributed by atoms with E-state index in [4.69, 9.17) is 0 Å². The van der Waals surface area contributed by atoms with Crippen LogP contribution in [0.15, 0.2) is 24.4 Å². The Kier molecular flexibility index (Phi) is 7.48. The van der Waals surface area contributed by atoms with Crippen molar-refractivity contribution < 1.29 is 18.0 Å². The van der Waals surface area contributed by atoms with Gasteiger partial charge in [0.05, 0.1) is 0 Å². The van der Waals surface area contributed by atoms with E-state index in [2.05, 4.69) is 44.5 Å². The van der Waals surface area contributed by atoms with Crippen molar-refractivity contribution in [2.75, 3.05) is 32.0 Å². The molecule has 0 radical (unpaired) electrons. The van der Waals surface area contributed by atoms with Gasteiger partial charge in [0, 0.05) is 0 Å². The number of aromatic nitrogens is 3. The number of rotatable bonds is 5. The van der Waals surface area contributed by atoms with Crippen LogP contribution in [0.1, 0.15) is 33.2 Å². The monoisotopic (exact) mass is 556 g/mol. The number of nitrogens with zero attached hydrogens (tertiary/aromatic N) is 4. The maximum absolute atomic E-state index is 13.4. The number of thiazole rings is 1. The summed E-state index contributed by atoms with van der Waals surface area (Å²) >= 11 is -0.552. The number of hydrogen-bond acceptors (Lipinski definition) is 6. The maximum atomic E-state index is 13.4. The fourth-order valence-corrected chi connectivity index (χ4v) is 5.74. The molecule has 4 heterocycles. The van der Waals surface area contributed by atoms with Gasteiger partial charge in [-0.2, -0.15) is 0 Å². The molecule has 34 heavy (non-hydrogen) atoms. The van der Waals surface area contributed by atoms with Gasteiger partial charge in [0.25, 0.3) is 0 Å². The molecule has 0 saturated carbocycles. The first-order valence-electron chi connectivity index (χ1n) is 10.6. The molecule has 3 aromatic rings. The fourth-order valence-electron chi connectivity index (χ4n) is 3.62. The third-order valence-electron chi connectivity index (χ3n) is 5.29. The van der Waals surface area contributed by atoms with Crippen LogP contribution in [0.4, 0.5) is 19.0 Å². The van der Waals surface area contributed by atoms with Crippen LogP contribution >= 0.6 is 11.3 Å². The molecule has 0 atom stereocenters. The molecule has 0 aliphatic carbocycles. The van der Waals surface area contributed by atoms with Gasteiger partial charge in [-0.05, 0) is 0 Å². The van der Waals surface area contributed by atoms with Crippen LogP contribution in [0.5, 0.6) is 0 Å². The molecule has 7 nitrogen and oxygen atoms in total. The molecule has 0 bridgehead atoms. The Labute approximate surface area is 205 Å². The third kappa shape index (κ3) is 6.10. The van der Waals surface area contributed by atoms with Gasteiger partial charge in [-0.25, -0.2) is 0 Å². The zero-order valence-electron chi connectivity index (χ0n) is 18.6. The molecule has 2 N–H and O–H groups in total. The summed E-state index contributed by atoms with van der Waals surface area (Å²) in [7, 11) is 2.07. The van der Waals surface area contributed by atoms with Crippen molar-refractivity contribution >= 4 is 48.0 Å². The number of pyridine rings is 1. The van der Waals surface area contributed by atoms with Crippen molar-refractivity contribution in [2.24, 2.45) is 0 Å². The van der Waals surface area contributed by atoms with E-state index in [1.54, 1.807) is 19.1 Å². The molecule has 12 heteroatoms. The fraction of sp³-hybridized carbons (Fsp3) is 0.409. The Hall–Kier alpha value is -2.58. The quantitative estimate of drug-likeness (QED) is 0.373. The molecule has 1 fully saturated rings. The number of piperidine rings is 1. The molecule has 4 rings (SSSR count). The molecule has 1 amide bonds. The van der Waals surface area contributed by atoms with E-state index in [0.717, 1.165) is 30.9 Å². The minimum absolute atomic E-state index is 0.0111. The summed E-state index contributed by atoms with van der Waals surface area (Å²) in [6.07, 6.45) is 3.37. The molecule has 0 spiro atoms. The van der Waals surface area contributed by atoms with Crippen molar-refractivity contribution in [3.8, 4) is 11.8 Å². The zero-order chi connectivity index (χ0) is 24.3. The normalized spacial score (nSPS) is 15.2. The predicted molar refractivity (Wildman–Crippen MR) is 127 cm³/mol. The number of anilines is 1. The van der Waals surface area contributed by atoms with Crippen LogP contribution in [0.2, 0.25) is 0 Å². The van der Waals surface area contributed by atoms with Crippen molar-refractivity contribution in [1.82, 2.24) is 24.8 Å². The molecule has 1 aliphatic heterocycles. The summed E-state index contributed by atoms with van der Waals surface area (Å²) < 4.78 is 41.7. The van der Waals surface area contributed by atoms with E-state index in [1.807, 2.05) is 6.07 Å². The number of halogens is 3. The number of amides is 1.